The summed E-state index contributed by atoms with van der Waals surface area (Å²) < 4.78 is 11.5. The van der Waals surface area contributed by atoms with E-state index in [1.165, 1.54) is 29.5 Å². The molecule has 2 atom stereocenters. The molecule has 1 heterocycles. The van der Waals surface area contributed by atoms with Crippen molar-refractivity contribution in [1.29, 1.82) is 0 Å². The van der Waals surface area contributed by atoms with Gasteiger partial charge in [-0.05, 0) is 48.6 Å². The first kappa shape index (κ1) is 16.6. The highest BCUT2D eigenvalue weighted by Crippen LogP contribution is 2.33. The highest BCUT2D eigenvalue weighted by atomic mass is 16.5. The maximum absolute atomic E-state index is 6.07. The van der Waals surface area contributed by atoms with Gasteiger partial charge >= 0.3 is 0 Å². The largest absolute Gasteiger partial charge is 0.490 e. The van der Waals surface area contributed by atoms with E-state index in [0.29, 0.717) is 18.2 Å². The number of aryl methyl sites for hydroxylation is 1. The van der Waals surface area contributed by atoms with E-state index in [0.717, 1.165) is 31.8 Å². The fourth-order valence-electron chi connectivity index (χ4n) is 3.95. The zero-order valence-corrected chi connectivity index (χ0v) is 14.9. The summed E-state index contributed by atoms with van der Waals surface area (Å²) in [5, 5.41) is 3.79. The van der Waals surface area contributed by atoms with Crippen molar-refractivity contribution < 1.29 is 9.47 Å². The van der Waals surface area contributed by atoms with Crippen LogP contribution in [-0.4, -0.2) is 19.3 Å². The smallest absolute Gasteiger partial charge is 0.119 e. The van der Waals surface area contributed by atoms with Crippen LogP contribution in [0.1, 0.15) is 55.0 Å². The fourth-order valence-corrected chi connectivity index (χ4v) is 3.95. The molecule has 0 aromatic heterocycles. The van der Waals surface area contributed by atoms with Gasteiger partial charge in [-0.15, -0.1) is 0 Å². The molecule has 2 aromatic carbocycles. The third-order valence-corrected chi connectivity index (χ3v) is 5.44. The summed E-state index contributed by atoms with van der Waals surface area (Å²) in [4.78, 5) is 0. The van der Waals surface area contributed by atoms with Crippen LogP contribution < -0.4 is 10.1 Å². The van der Waals surface area contributed by atoms with Gasteiger partial charge in [-0.2, -0.15) is 0 Å². The molecular weight excluding hydrogens is 310 g/mol. The number of rotatable bonds is 5. The molecule has 1 aliphatic heterocycles. The average Bonchev–Trinajstić information content (AvgIpc) is 3.06. The van der Waals surface area contributed by atoms with E-state index < -0.39 is 0 Å². The van der Waals surface area contributed by atoms with Crippen molar-refractivity contribution in [2.45, 2.75) is 50.8 Å². The van der Waals surface area contributed by atoms with Gasteiger partial charge in [0, 0.05) is 24.9 Å². The zero-order valence-electron chi connectivity index (χ0n) is 14.9. The first-order valence-electron chi connectivity index (χ1n) is 9.48. The Morgan fingerprint density at radius 1 is 1.00 bits per heavy atom. The van der Waals surface area contributed by atoms with Crippen LogP contribution in [0.5, 0.6) is 5.75 Å². The van der Waals surface area contributed by atoms with Gasteiger partial charge in [-0.25, -0.2) is 0 Å². The molecule has 4 rings (SSSR count). The van der Waals surface area contributed by atoms with E-state index in [9.17, 15) is 0 Å². The standard InChI is InChI=1S/C22H27NO2/c1-16(23-22-11-8-18-4-2-3-5-21(18)22)17-6-9-19(10-7-17)25-20-12-14-24-15-13-20/h2-7,9-10,16,20,22-23H,8,11-15H2,1H3/t16-,22-/m1/s1. The quantitative estimate of drug-likeness (QED) is 0.866. The Hall–Kier alpha value is -1.84. The summed E-state index contributed by atoms with van der Waals surface area (Å²) in [7, 11) is 0. The number of nitrogens with one attached hydrogen (secondary N) is 1. The Labute approximate surface area is 150 Å². The summed E-state index contributed by atoms with van der Waals surface area (Å²) >= 11 is 0. The van der Waals surface area contributed by atoms with E-state index >= 15 is 0 Å². The van der Waals surface area contributed by atoms with E-state index in [4.69, 9.17) is 9.47 Å². The Kier molecular flexibility index (Phi) is 5.04. The molecule has 132 valence electrons. The van der Waals surface area contributed by atoms with Gasteiger partial charge in [-0.3, -0.25) is 0 Å². The molecule has 1 saturated heterocycles. The zero-order chi connectivity index (χ0) is 17.1. The van der Waals surface area contributed by atoms with Gasteiger partial charge in [0.05, 0.1) is 13.2 Å². The van der Waals surface area contributed by atoms with Crippen LogP contribution in [0.25, 0.3) is 0 Å². The molecule has 1 fully saturated rings. The van der Waals surface area contributed by atoms with Crippen LogP contribution >= 0.6 is 0 Å². The molecule has 2 aliphatic rings. The lowest BCUT2D eigenvalue weighted by Gasteiger charge is -2.24. The molecule has 0 bridgehead atoms. The summed E-state index contributed by atoms with van der Waals surface area (Å²) in [5.74, 6) is 0.967. The first-order valence-corrected chi connectivity index (χ1v) is 9.48. The lowest BCUT2D eigenvalue weighted by molar-refractivity contribution is 0.0255. The van der Waals surface area contributed by atoms with Gasteiger partial charge in [0.25, 0.3) is 0 Å². The predicted molar refractivity (Wildman–Crippen MR) is 100.0 cm³/mol. The molecule has 0 unspecified atom stereocenters. The van der Waals surface area contributed by atoms with E-state index in [2.05, 4.69) is 60.8 Å². The van der Waals surface area contributed by atoms with Crippen molar-refractivity contribution in [3.05, 3.63) is 65.2 Å². The Morgan fingerprint density at radius 2 is 1.76 bits per heavy atom. The van der Waals surface area contributed by atoms with Crippen molar-refractivity contribution >= 4 is 0 Å². The van der Waals surface area contributed by atoms with Crippen LogP contribution in [0, 0.1) is 0 Å². The molecule has 1 N–H and O–H groups in total. The second-order valence-corrected chi connectivity index (χ2v) is 7.18. The molecule has 1 aliphatic carbocycles. The highest BCUT2D eigenvalue weighted by Gasteiger charge is 2.23. The molecular formula is C22H27NO2. The minimum absolute atomic E-state index is 0.296. The molecule has 0 radical (unpaired) electrons. The van der Waals surface area contributed by atoms with Crippen LogP contribution in [0.15, 0.2) is 48.5 Å². The first-order chi connectivity index (χ1) is 12.3. The van der Waals surface area contributed by atoms with E-state index in [1.807, 2.05) is 0 Å². The molecule has 25 heavy (non-hydrogen) atoms. The molecule has 2 aromatic rings. The number of hydrogen-bond acceptors (Lipinski definition) is 3. The molecule has 3 heteroatoms. The molecule has 0 saturated carbocycles. The van der Waals surface area contributed by atoms with Crippen LogP contribution in [0.2, 0.25) is 0 Å². The topological polar surface area (TPSA) is 30.5 Å². The third kappa shape index (κ3) is 3.88. The summed E-state index contributed by atoms with van der Waals surface area (Å²) in [5.41, 5.74) is 4.27. The third-order valence-electron chi connectivity index (χ3n) is 5.44. The van der Waals surface area contributed by atoms with E-state index in [1.54, 1.807) is 0 Å². The molecule has 3 nitrogen and oxygen atoms in total. The summed E-state index contributed by atoms with van der Waals surface area (Å²) in [6.07, 6.45) is 4.64. The van der Waals surface area contributed by atoms with E-state index in [-0.39, 0.29) is 0 Å². The van der Waals surface area contributed by atoms with Gasteiger partial charge < -0.3 is 14.8 Å². The second-order valence-electron chi connectivity index (χ2n) is 7.18. The van der Waals surface area contributed by atoms with Gasteiger partial charge in [-0.1, -0.05) is 36.4 Å². The van der Waals surface area contributed by atoms with Crippen LogP contribution in [-0.2, 0) is 11.2 Å². The predicted octanol–water partition coefficient (Wildman–Crippen LogP) is 4.58. The number of benzene rings is 2. The molecule has 0 spiro atoms. The SMILES string of the molecule is C[C@@H](N[C@@H]1CCc2ccccc21)c1ccc(OC2CCOCC2)cc1. The highest BCUT2D eigenvalue weighted by molar-refractivity contribution is 5.35. The fraction of sp³-hybridized carbons (Fsp3) is 0.455. The number of hydrogen-bond donors (Lipinski definition) is 1. The maximum Gasteiger partial charge on any atom is 0.119 e. The van der Waals surface area contributed by atoms with Gasteiger partial charge in [0.15, 0.2) is 0 Å². The Balaban J connectivity index is 1.37. The molecule has 0 amide bonds. The minimum atomic E-state index is 0.296. The van der Waals surface area contributed by atoms with Crippen molar-refractivity contribution in [1.82, 2.24) is 5.32 Å². The lowest BCUT2D eigenvalue weighted by Crippen LogP contribution is -2.26. The number of fused-ring (bicyclic) bond motifs is 1. The Bertz CT molecular complexity index is 691. The Morgan fingerprint density at radius 3 is 2.56 bits per heavy atom. The van der Waals surface area contributed by atoms with Crippen LogP contribution in [0.4, 0.5) is 0 Å². The normalized spacial score (nSPS) is 21.7. The van der Waals surface area contributed by atoms with Crippen molar-refractivity contribution in [2.75, 3.05) is 13.2 Å². The second kappa shape index (κ2) is 7.59. The summed E-state index contributed by atoms with van der Waals surface area (Å²) in [6.45, 7) is 3.87. The van der Waals surface area contributed by atoms with Crippen molar-refractivity contribution in [3.63, 3.8) is 0 Å². The van der Waals surface area contributed by atoms with Crippen LogP contribution in [0.3, 0.4) is 0 Å². The van der Waals surface area contributed by atoms with Gasteiger partial charge in [0.1, 0.15) is 11.9 Å². The lowest BCUT2D eigenvalue weighted by atomic mass is 10.0. The minimum Gasteiger partial charge on any atom is -0.490 e. The van der Waals surface area contributed by atoms with Crippen molar-refractivity contribution in [3.8, 4) is 5.75 Å². The monoisotopic (exact) mass is 337 g/mol. The summed E-state index contributed by atoms with van der Waals surface area (Å²) in [6, 6.07) is 18.2. The number of ether oxygens (including phenoxy) is 2. The average molecular weight is 337 g/mol. The maximum atomic E-state index is 6.07. The van der Waals surface area contributed by atoms with Crippen molar-refractivity contribution in [2.24, 2.45) is 0 Å². The van der Waals surface area contributed by atoms with Gasteiger partial charge in [0.2, 0.25) is 0 Å².